The monoisotopic (exact) mass is 522 g/mol. The van der Waals surface area contributed by atoms with E-state index in [9.17, 15) is 0 Å². The average molecular weight is 524 g/mol. The molecule has 0 atom stereocenters. The minimum absolute atomic E-state index is 0.997. The van der Waals surface area contributed by atoms with E-state index in [0.29, 0.717) is 0 Å². The molecule has 7 rings (SSSR count). The first-order valence-corrected chi connectivity index (χ1v) is 12.0. The highest BCUT2D eigenvalue weighted by molar-refractivity contribution is 9.11. The lowest BCUT2D eigenvalue weighted by Gasteiger charge is -2.15. The molecule has 0 nitrogen and oxygen atoms in total. The van der Waals surface area contributed by atoms with E-state index in [4.69, 9.17) is 0 Å². The lowest BCUT2D eigenvalue weighted by atomic mass is 9.89. The highest BCUT2D eigenvalue weighted by atomic mass is 79.9. The van der Waals surface area contributed by atoms with Crippen LogP contribution in [0.5, 0.6) is 0 Å². The van der Waals surface area contributed by atoms with E-state index in [2.05, 4.69) is 117 Å². The Kier molecular flexibility index (Phi) is 3.71. The Morgan fingerprint density at radius 3 is 1.97 bits per heavy atom. The summed E-state index contributed by atoms with van der Waals surface area (Å²) in [6, 6.07) is 31.6. The van der Waals surface area contributed by atoms with Crippen LogP contribution in [0.25, 0.3) is 54.6 Å². The van der Waals surface area contributed by atoms with E-state index < -0.39 is 0 Å². The lowest BCUT2D eigenvalue weighted by Crippen LogP contribution is -1.89. The van der Waals surface area contributed by atoms with Gasteiger partial charge in [-0.3, -0.25) is 0 Å². The fourth-order valence-electron chi connectivity index (χ4n) is 5.36. The standard InChI is InChI=1S/C29H16Br2/c30-21-6-11-24-20(15-21)14-19-13-18(4-8-23(19)24)22-7-1-16-3-10-26-27(31)12-5-17-2-9-25(22)28(16)29(17)26/h1-13,15H,14H2. The number of rotatable bonds is 1. The predicted molar refractivity (Wildman–Crippen MR) is 139 cm³/mol. The minimum atomic E-state index is 0.997. The highest BCUT2D eigenvalue weighted by Crippen LogP contribution is 2.43. The lowest BCUT2D eigenvalue weighted by molar-refractivity contribution is 1.26. The van der Waals surface area contributed by atoms with Crippen LogP contribution in [0, 0.1) is 0 Å². The summed E-state index contributed by atoms with van der Waals surface area (Å²) in [6.07, 6.45) is 0.997. The second kappa shape index (κ2) is 6.41. The summed E-state index contributed by atoms with van der Waals surface area (Å²) < 4.78 is 2.30. The van der Waals surface area contributed by atoms with Gasteiger partial charge in [-0.1, -0.05) is 98.6 Å². The third-order valence-electron chi connectivity index (χ3n) is 6.77. The molecule has 0 saturated heterocycles. The molecule has 0 radical (unpaired) electrons. The summed E-state index contributed by atoms with van der Waals surface area (Å²) in [5.41, 5.74) is 8.16. The maximum atomic E-state index is 3.75. The van der Waals surface area contributed by atoms with Gasteiger partial charge in [-0.05, 0) is 90.3 Å². The van der Waals surface area contributed by atoms with Crippen molar-refractivity contribution in [2.45, 2.75) is 6.42 Å². The molecule has 6 aromatic carbocycles. The number of hydrogen-bond donors (Lipinski definition) is 0. The van der Waals surface area contributed by atoms with Gasteiger partial charge >= 0.3 is 0 Å². The second-order valence-corrected chi connectivity index (χ2v) is 10.2. The van der Waals surface area contributed by atoms with Crippen molar-refractivity contribution in [1.82, 2.24) is 0 Å². The van der Waals surface area contributed by atoms with Gasteiger partial charge in [0.15, 0.2) is 0 Å². The van der Waals surface area contributed by atoms with Gasteiger partial charge in [0.2, 0.25) is 0 Å². The zero-order chi connectivity index (χ0) is 20.7. The van der Waals surface area contributed by atoms with Crippen molar-refractivity contribution in [3.63, 3.8) is 0 Å². The van der Waals surface area contributed by atoms with E-state index in [0.717, 1.165) is 15.4 Å². The topological polar surface area (TPSA) is 0 Å². The van der Waals surface area contributed by atoms with Crippen LogP contribution in [0.15, 0.2) is 93.9 Å². The molecule has 2 heteroatoms. The van der Waals surface area contributed by atoms with E-state index in [-0.39, 0.29) is 0 Å². The van der Waals surface area contributed by atoms with Gasteiger partial charge in [0.1, 0.15) is 0 Å². The Balaban J connectivity index is 1.48. The van der Waals surface area contributed by atoms with Gasteiger partial charge in [-0.2, -0.15) is 0 Å². The first kappa shape index (κ1) is 17.9. The smallest absolute Gasteiger partial charge is 0.0254 e. The molecule has 0 heterocycles. The van der Waals surface area contributed by atoms with Gasteiger partial charge in [0.05, 0.1) is 0 Å². The molecule has 0 aromatic heterocycles. The van der Waals surface area contributed by atoms with Crippen LogP contribution in [0.4, 0.5) is 0 Å². The van der Waals surface area contributed by atoms with Crippen LogP contribution in [-0.2, 0) is 6.42 Å². The van der Waals surface area contributed by atoms with Crippen LogP contribution in [-0.4, -0.2) is 0 Å². The molecule has 0 N–H and O–H groups in total. The molecule has 0 amide bonds. The van der Waals surface area contributed by atoms with Crippen molar-refractivity contribution in [3.05, 3.63) is 105 Å². The quantitative estimate of drug-likeness (QED) is 0.188. The number of benzene rings is 6. The van der Waals surface area contributed by atoms with E-state index >= 15 is 0 Å². The molecule has 0 saturated carbocycles. The maximum absolute atomic E-state index is 3.75. The molecule has 0 unspecified atom stereocenters. The summed E-state index contributed by atoms with van der Waals surface area (Å²) in [7, 11) is 0. The summed E-state index contributed by atoms with van der Waals surface area (Å²) in [5, 5.41) is 7.91. The van der Waals surface area contributed by atoms with Crippen molar-refractivity contribution in [2.75, 3.05) is 0 Å². The Hall–Kier alpha value is -2.68. The third-order valence-corrected chi connectivity index (χ3v) is 7.95. The van der Waals surface area contributed by atoms with Gasteiger partial charge in [-0.25, -0.2) is 0 Å². The van der Waals surface area contributed by atoms with E-state index in [1.165, 1.54) is 65.7 Å². The SMILES string of the molecule is Brc1ccc2c(c1)Cc1cc(-c3ccc4ccc5c(Br)ccc6ccc3c4c65)ccc1-2. The molecule has 0 spiro atoms. The van der Waals surface area contributed by atoms with Crippen LogP contribution in [0.2, 0.25) is 0 Å². The molecule has 0 fully saturated rings. The minimum Gasteiger partial charge on any atom is -0.0537 e. The zero-order valence-corrected chi connectivity index (χ0v) is 19.7. The molecule has 6 aromatic rings. The van der Waals surface area contributed by atoms with Crippen molar-refractivity contribution >= 4 is 64.2 Å². The van der Waals surface area contributed by atoms with Crippen molar-refractivity contribution in [1.29, 1.82) is 0 Å². The third kappa shape index (κ3) is 2.52. The van der Waals surface area contributed by atoms with E-state index in [1.807, 2.05) is 0 Å². The molecule has 1 aliphatic rings. The van der Waals surface area contributed by atoms with Gasteiger partial charge in [0.25, 0.3) is 0 Å². The van der Waals surface area contributed by atoms with Gasteiger partial charge in [-0.15, -0.1) is 0 Å². The first-order chi connectivity index (χ1) is 15.2. The van der Waals surface area contributed by atoms with Crippen molar-refractivity contribution < 1.29 is 0 Å². The first-order valence-electron chi connectivity index (χ1n) is 10.5. The molecule has 146 valence electrons. The molecule has 1 aliphatic carbocycles. The molecular weight excluding hydrogens is 508 g/mol. The summed E-state index contributed by atoms with van der Waals surface area (Å²) in [5.74, 6) is 0. The second-order valence-electron chi connectivity index (χ2n) is 8.43. The Bertz CT molecular complexity index is 1680. The predicted octanol–water partition coefficient (Wildman–Crippen LogP) is 9.35. The molecule has 31 heavy (non-hydrogen) atoms. The average Bonchev–Trinajstić information content (AvgIpc) is 3.15. The van der Waals surface area contributed by atoms with Gasteiger partial charge in [0, 0.05) is 8.95 Å². The Morgan fingerprint density at radius 1 is 0.516 bits per heavy atom. The highest BCUT2D eigenvalue weighted by Gasteiger charge is 2.20. The fraction of sp³-hybridized carbons (Fsp3) is 0.0345. The zero-order valence-electron chi connectivity index (χ0n) is 16.5. The number of hydrogen-bond acceptors (Lipinski definition) is 0. The van der Waals surface area contributed by atoms with Crippen molar-refractivity contribution in [3.8, 4) is 22.3 Å². The van der Waals surface area contributed by atoms with Crippen LogP contribution in [0.1, 0.15) is 11.1 Å². The number of fused-ring (bicyclic) bond motifs is 3. The van der Waals surface area contributed by atoms with Crippen LogP contribution >= 0.6 is 31.9 Å². The fourth-order valence-corrected chi connectivity index (χ4v) is 6.23. The van der Waals surface area contributed by atoms with Crippen molar-refractivity contribution in [2.24, 2.45) is 0 Å². The van der Waals surface area contributed by atoms with Crippen LogP contribution in [0.3, 0.4) is 0 Å². The Labute approximate surface area is 197 Å². The summed E-state index contributed by atoms with van der Waals surface area (Å²) in [6.45, 7) is 0. The van der Waals surface area contributed by atoms with Crippen LogP contribution < -0.4 is 0 Å². The maximum Gasteiger partial charge on any atom is 0.0254 e. The Morgan fingerprint density at radius 2 is 1.13 bits per heavy atom. The summed E-state index contributed by atoms with van der Waals surface area (Å²) >= 11 is 7.38. The largest absolute Gasteiger partial charge is 0.0537 e. The van der Waals surface area contributed by atoms with Gasteiger partial charge < -0.3 is 0 Å². The van der Waals surface area contributed by atoms with E-state index in [1.54, 1.807) is 0 Å². The molecular formula is C29H16Br2. The normalized spacial score (nSPS) is 12.7. The molecule has 0 aliphatic heterocycles. The number of halogens is 2. The summed E-state index contributed by atoms with van der Waals surface area (Å²) in [4.78, 5) is 0. The molecule has 0 bridgehead atoms.